The number of hydrazine groups is 1. The molecule has 0 aliphatic rings. The minimum absolute atomic E-state index is 0.110. The predicted octanol–water partition coefficient (Wildman–Crippen LogP) is 1.57. The van der Waals surface area contributed by atoms with Gasteiger partial charge in [-0.1, -0.05) is 24.3 Å². The Bertz CT molecular complexity index is 377. The number of carboxylic acids is 1. The van der Waals surface area contributed by atoms with Crippen molar-refractivity contribution in [3.05, 3.63) is 42.5 Å². The van der Waals surface area contributed by atoms with Crippen molar-refractivity contribution in [1.29, 1.82) is 0 Å². The maximum Gasteiger partial charge on any atom is 0.303 e. The molecular formula is C12H16N2O2. The minimum atomic E-state index is -0.804. The van der Waals surface area contributed by atoms with Gasteiger partial charge in [0.15, 0.2) is 0 Å². The van der Waals surface area contributed by atoms with E-state index in [4.69, 9.17) is 10.9 Å². The first-order chi connectivity index (χ1) is 7.65. The number of nitrogens with two attached hydrogens (primary N) is 1. The van der Waals surface area contributed by atoms with E-state index in [1.54, 1.807) is 11.1 Å². The van der Waals surface area contributed by atoms with Gasteiger partial charge in [0.25, 0.3) is 0 Å². The molecule has 0 radical (unpaired) electrons. The summed E-state index contributed by atoms with van der Waals surface area (Å²) in [6.07, 6.45) is 2.29. The van der Waals surface area contributed by atoms with Crippen LogP contribution in [0.3, 0.4) is 0 Å². The summed E-state index contributed by atoms with van der Waals surface area (Å²) in [7, 11) is 0. The summed E-state index contributed by atoms with van der Waals surface area (Å²) in [6.45, 7) is 4.15. The summed E-state index contributed by atoms with van der Waals surface area (Å²) in [5.41, 5.74) is 1.79. The normalized spacial score (nSPS) is 9.81. The fourth-order valence-corrected chi connectivity index (χ4v) is 1.48. The predicted molar refractivity (Wildman–Crippen MR) is 64.1 cm³/mol. The number of aryl methyl sites for hydroxylation is 1. The fourth-order valence-electron chi connectivity index (χ4n) is 1.48. The maximum absolute atomic E-state index is 10.5. The number of anilines is 1. The van der Waals surface area contributed by atoms with Gasteiger partial charge in [-0.2, -0.15) is 0 Å². The van der Waals surface area contributed by atoms with Gasteiger partial charge in [-0.3, -0.25) is 4.79 Å². The number of benzene rings is 1. The average molecular weight is 220 g/mol. The molecule has 0 atom stereocenters. The van der Waals surface area contributed by atoms with Gasteiger partial charge in [0.05, 0.1) is 12.2 Å². The zero-order valence-corrected chi connectivity index (χ0v) is 9.10. The third-order valence-electron chi connectivity index (χ3n) is 2.24. The molecule has 3 N–H and O–H groups in total. The van der Waals surface area contributed by atoms with E-state index in [1.807, 2.05) is 24.3 Å². The van der Waals surface area contributed by atoms with E-state index in [0.29, 0.717) is 13.0 Å². The van der Waals surface area contributed by atoms with Crippen molar-refractivity contribution in [2.75, 3.05) is 11.6 Å². The van der Waals surface area contributed by atoms with Gasteiger partial charge < -0.3 is 10.1 Å². The Kier molecular flexibility index (Phi) is 4.54. The standard InChI is InChI=1S/C12H16N2O2/c1-2-9-14(13)11-6-4-3-5-10(11)7-8-12(15)16/h2-6H,1,7-9,13H2,(H,15,16). The van der Waals surface area contributed by atoms with E-state index >= 15 is 0 Å². The molecule has 0 amide bonds. The smallest absolute Gasteiger partial charge is 0.303 e. The van der Waals surface area contributed by atoms with Crippen LogP contribution in [0, 0.1) is 0 Å². The largest absolute Gasteiger partial charge is 0.481 e. The third-order valence-corrected chi connectivity index (χ3v) is 2.24. The molecule has 4 nitrogen and oxygen atoms in total. The first-order valence-electron chi connectivity index (χ1n) is 5.08. The van der Waals surface area contributed by atoms with E-state index in [0.717, 1.165) is 11.3 Å². The highest BCUT2D eigenvalue weighted by molar-refractivity contribution is 5.67. The number of aliphatic carboxylic acids is 1. The number of para-hydroxylation sites is 1. The lowest BCUT2D eigenvalue weighted by Crippen LogP contribution is -2.31. The third kappa shape index (κ3) is 3.40. The first kappa shape index (κ1) is 12.3. The van der Waals surface area contributed by atoms with Crippen LogP contribution in [-0.4, -0.2) is 17.6 Å². The number of carbonyl (C=O) groups is 1. The van der Waals surface area contributed by atoms with Crippen LogP contribution in [0.4, 0.5) is 5.69 Å². The second-order valence-electron chi connectivity index (χ2n) is 3.46. The van der Waals surface area contributed by atoms with E-state index < -0.39 is 5.97 Å². The van der Waals surface area contributed by atoms with Crippen LogP contribution in [-0.2, 0) is 11.2 Å². The topological polar surface area (TPSA) is 66.6 Å². The van der Waals surface area contributed by atoms with Crippen molar-refractivity contribution >= 4 is 11.7 Å². The zero-order chi connectivity index (χ0) is 12.0. The number of carboxylic acid groups (broad SMARTS) is 1. The monoisotopic (exact) mass is 220 g/mol. The Morgan fingerprint density at radius 2 is 2.19 bits per heavy atom. The van der Waals surface area contributed by atoms with Crippen LogP contribution in [0.25, 0.3) is 0 Å². The van der Waals surface area contributed by atoms with Crippen LogP contribution in [0.1, 0.15) is 12.0 Å². The van der Waals surface area contributed by atoms with E-state index in [9.17, 15) is 4.79 Å². The summed E-state index contributed by atoms with van der Waals surface area (Å²) >= 11 is 0. The Balaban J connectivity index is 2.82. The lowest BCUT2D eigenvalue weighted by Gasteiger charge is -2.19. The number of nitrogens with zero attached hydrogens (tertiary/aromatic N) is 1. The van der Waals surface area contributed by atoms with Crippen molar-refractivity contribution < 1.29 is 9.90 Å². The minimum Gasteiger partial charge on any atom is -0.481 e. The fraction of sp³-hybridized carbons (Fsp3) is 0.250. The molecule has 0 unspecified atom stereocenters. The van der Waals surface area contributed by atoms with Gasteiger partial charge in [0.2, 0.25) is 0 Å². The maximum atomic E-state index is 10.5. The summed E-state index contributed by atoms with van der Waals surface area (Å²) in [4.78, 5) is 10.5. The molecule has 0 heterocycles. The van der Waals surface area contributed by atoms with Crippen LogP contribution in [0.15, 0.2) is 36.9 Å². The van der Waals surface area contributed by atoms with E-state index in [1.165, 1.54) is 0 Å². The molecule has 0 aliphatic heterocycles. The lowest BCUT2D eigenvalue weighted by atomic mass is 10.1. The lowest BCUT2D eigenvalue weighted by molar-refractivity contribution is -0.136. The van der Waals surface area contributed by atoms with Crippen LogP contribution < -0.4 is 10.9 Å². The second-order valence-corrected chi connectivity index (χ2v) is 3.46. The highest BCUT2D eigenvalue weighted by Gasteiger charge is 2.07. The summed E-state index contributed by atoms with van der Waals surface area (Å²) in [5, 5.41) is 10.2. The molecule has 0 bridgehead atoms. The highest BCUT2D eigenvalue weighted by atomic mass is 16.4. The van der Waals surface area contributed by atoms with Gasteiger partial charge in [-0.15, -0.1) is 6.58 Å². The quantitative estimate of drug-likeness (QED) is 0.434. The van der Waals surface area contributed by atoms with Crippen molar-refractivity contribution in [2.24, 2.45) is 5.84 Å². The molecule has 0 spiro atoms. The summed E-state index contributed by atoms with van der Waals surface area (Å²) < 4.78 is 0. The molecule has 4 heteroatoms. The molecule has 0 fully saturated rings. The zero-order valence-electron chi connectivity index (χ0n) is 9.10. The van der Waals surface area contributed by atoms with Crippen molar-refractivity contribution in [3.8, 4) is 0 Å². The van der Waals surface area contributed by atoms with Crippen molar-refractivity contribution in [1.82, 2.24) is 0 Å². The number of rotatable bonds is 6. The number of hydrogen-bond donors (Lipinski definition) is 2. The molecule has 0 saturated carbocycles. The van der Waals surface area contributed by atoms with Crippen molar-refractivity contribution in [3.63, 3.8) is 0 Å². The van der Waals surface area contributed by atoms with Gasteiger partial charge in [0.1, 0.15) is 0 Å². The van der Waals surface area contributed by atoms with Crippen molar-refractivity contribution in [2.45, 2.75) is 12.8 Å². The van der Waals surface area contributed by atoms with E-state index in [-0.39, 0.29) is 6.42 Å². The molecular weight excluding hydrogens is 204 g/mol. The molecule has 0 aromatic heterocycles. The Hall–Kier alpha value is -1.81. The van der Waals surface area contributed by atoms with Crippen LogP contribution in [0.2, 0.25) is 0 Å². The molecule has 1 aromatic rings. The summed E-state index contributed by atoms with van der Waals surface area (Å²) in [6, 6.07) is 7.52. The van der Waals surface area contributed by atoms with Crippen LogP contribution in [0.5, 0.6) is 0 Å². The van der Waals surface area contributed by atoms with Gasteiger partial charge in [-0.25, -0.2) is 5.84 Å². The second kappa shape index (κ2) is 5.92. The SMILES string of the molecule is C=CCN(N)c1ccccc1CCC(=O)O. The highest BCUT2D eigenvalue weighted by Crippen LogP contribution is 2.19. The molecule has 0 aliphatic carbocycles. The molecule has 86 valence electrons. The molecule has 0 saturated heterocycles. The molecule has 16 heavy (non-hydrogen) atoms. The Morgan fingerprint density at radius 3 is 2.81 bits per heavy atom. The molecule has 1 rings (SSSR count). The average Bonchev–Trinajstić information content (AvgIpc) is 2.27. The Labute approximate surface area is 95.0 Å². The van der Waals surface area contributed by atoms with Gasteiger partial charge >= 0.3 is 5.97 Å². The van der Waals surface area contributed by atoms with Gasteiger partial charge in [0, 0.05) is 6.42 Å². The summed E-state index contributed by atoms with van der Waals surface area (Å²) in [5.74, 6) is 5.02. The molecule has 1 aromatic carbocycles. The van der Waals surface area contributed by atoms with Gasteiger partial charge in [-0.05, 0) is 18.1 Å². The Morgan fingerprint density at radius 1 is 1.50 bits per heavy atom. The number of hydrogen-bond acceptors (Lipinski definition) is 3. The van der Waals surface area contributed by atoms with E-state index in [2.05, 4.69) is 6.58 Å². The van der Waals surface area contributed by atoms with Crippen LogP contribution >= 0.6 is 0 Å². The first-order valence-corrected chi connectivity index (χ1v) is 5.08.